The number of hydrogen-bond acceptors (Lipinski definition) is 6. The number of carbonyl (C=O) groups is 2. The Hall–Kier alpha value is -3.04. The Bertz CT molecular complexity index is 1180. The van der Waals surface area contributed by atoms with Gasteiger partial charge in [0.15, 0.2) is 17.1 Å². The minimum atomic E-state index is -0.442. The summed E-state index contributed by atoms with van der Waals surface area (Å²) in [6.45, 7) is 10.0. The van der Waals surface area contributed by atoms with Crippen LogP contribution >= 0.6 is 23.4 Å². The molecule has 0 bridgehead atoms. The van der Waals surface area contributed by atoms with Crippen molar-refractivity contribution in [1.82, 2.24) is 14.8 Å². The highest BCUT2D eigenvalue weighted by Crippen LogP contribution is 2.31. The molecule has 0 aliphatic rings. The first-order valence-corrected chi connectivity index (χ1v) is 12.6. The normalized spacial score (nSPS) is 12.8. The lowest BCUT2D eigenvalue weighted by atomic mass is 10.2. The number of nitrogens with one attached hydrogen (secondary N) is 2. The molecule has 2 unspecified atom stereocenters. The van der Waals surface area contributed by atoms with Crippen molar-refractivity contribution in [3.05, 3.63) is 59.4 Å². The summed E-state index contributed by atoms with van der Waals surface area (Å²) in [5, 5.41) is 15.1. The number of thioether (sulfide) groups is 1. The van der Waals surface area contributed by atoms with Crippen LogP contribution in [0.3, 0.4) is 0 Å². The average molecular weight is 516 g/mol. The van der Waals surface area contributed by atoms with Gasteiger partial charge in [0.25, 0.3) is 0 Å². The van der Waals surface area contributed by atoms with Crippen LogP contribution in [0, 0.1) is 5.92 Å². The molecule has 2 atom stereocenters. The molecule has 0 aliphatic heterocycles. The molecule has 186 valence electrons. The first kappa shape index (κ1) is 26.6. The predicted molar refractivity (Wildman–Crippen MR) is 140 cm³/mol. The average Bonchev–Trinajstić information content (AvgIpc) is 3.16. The Balaban J connectivity index is 1.74. The highest BCUT2D eigenvalue weighted by atomic mass is 35.5. The van der Waals surface area contributed by atoms with Crippen molar-refractivity contribution in [1.29, 1.82) is 0 Å². The molecule has 2 aromatic carbocycles. The van der Waals surface area contributed by atoms with Gasteiger partial charge in [-0.3, -0.25) is 9.59 Å². The van der Waals surface area contributed by atoms with Crippen LogP contribution in [0.4, 0.5) is 11.4 Å². The summed E-state index contributed by atoms with van der Waals surface area (Å²) >= 11 is 7.58. The van der Waals surface area contributed by atoms with Gasteiger partial charge < -0.3 is 19.9 Å². The van der Waals surface area contributed by atoms with Crippen molar-refractivity contribution < 1.29 is 14.3 Å². The molecule has 0 fully saturated rings. The lowest BCUT2D eigenvalue weighted by Gasteiger charge is -2.19. The number of halogens is 1. The van der Waals surface area contributed by atoms with Crippen LogP contribution in [-0.4, -0.2) is 31.8 Å². The Morgan fingerprint density at radius 2 is 1.71 bits per heavy atom. The molecule has 0 spiro atoms. The van der Waals surface area contributed by atoms with E-state index in [4.69, 9.17) is 16.3 Å². The number of aromatic nitrogens is 3. The Labute approximate surface area is 214 Å². The molecule has 10 heteroatoms. The number of carbonyl (C=O) groups excluding carboxylic acids is 2. The maximum absolute atomic E-state index is 12.9. The maximum atomic E-state index is 12.9. The zero-order chi connectivity index (χ0) is 25.5. The fourth-order valence-electron chi connectivity index (χ4n) is 3.34. The molecule has 1 heterocycles. The van der Waals surface area contributed by atoms with Crippen LogP contribution in [-0.2, 0) is 16.1 Å². The van der Waals surface area contributed by atoms with E-state index in [1.54, 1.807) is 30.3 Å². The van der Waals surface area contributed by atoms with E-state index in [0.29, 0.717) is 45.6 Å². The van der Waals surface area contributed by atoms with Gasteiger partial charge in [0.2, 0.25) is 11.8 Å². The zero-order valence-electron chi connectivity index (χ0n) is 20.4. The summed E-state index contributed by atoms with van der Waals surface area (Å²) in [5.41, 5.74) is 1.21. The number of anilines is 2. The predicted octanol–water partition coefficient (Wildman–Crippen LogP) is 5.81. The maximum Gasteiger partial charge on any atom is 0.237 e. The summed E-state index contributed by atoms with van der Waals surface area (Å²) in [6, 6.07) is 14.3. The Morgan fingerprint density at radius 3 is 2.37 bits per heavy atom. The number of benzene rings is 2. The second kappa shape index (κ2) is 12.1. The summed E-state index contributed by atoms with van der Waals surface area (Å²) in [6.07, 6.45) is -0.392. The van der Waals surface area contributed by atoms with Crippen molar-refractivity contribution in [3.63, 3.8) is 0 Å². The minimum Gasteiger partial charge on any atom is -0.481 e. The van der Waals surface area contributed by atoms with Crippen molar-refractivity contribution in [2.24, 2.45) is 5.92 Å². The third kappa shape index (κ3) is 7.47. The zero-order valence-corrected chi connectivity index (χ0v) is 22.0. The molecule has 3 rings (SSSR count). The lowest BCUT2D eigenvalue weighted by molar-refractivity contribution is -0.115. The van der Waals surface area contributed by atoms with Crippen LogP contribution in [0.5, 0.6) is 5.75 Å². The molecule has 8 nitrogen and oxygen atoms in total. The van der Waals surface area contributed by atoms with Gasteiger partial charge in [0.1, 0.15) is 5.75 Å². The fraction of sp³-hybridized carbons (Fsp3) is 0.360. The van der Waals surface area contributed by atoms with Crippen molar-refractivity contribution in [3.8, 4) is 5.75 Å². The third-order valence-corrected chi connectivity index (χ3v) is 6.29. The largest absolute Gasteiger partial charge is 0.481 e. The van der Waals surface area contributed by atoms with Crippen molar-refractivity contribution >= 4 is 46.6 Å². The molecule has 2 N–H and O–H groups in total. The molecule has 0 saturated carbocycles. The van der Waals surface area contributed by atoms with Gasteiger partial charge in [-0.15, -0.1) is 10.2 Å². The molecular weight excluding hydrogens is 486 g/mol. The van der Waals surface area contributed by atoms with E-state index < -0.39 is 11.4 Å². The van der Waals surface area contributed by atoms with Crippen LogP contribution in [0.15, 0.2) is 53.7 Å². The van der Waals surface area contributed by atoms with Gasteiger partial charge in [-0.05, 0) is 50.1 Å². The standard InChI is InChI=1S/C25H30ClN5O3S/c1-15(2)14-31-23(16(3)34-22-12-7-6-11-21(22)26)29-30-25(31)35-17(4)24(33)28-20-10-8-9-19(13-20)27-18(5)32/h6-13,15-17H,14H2,1-5H3,(H,27,32)(H,28,33). The number of hydrogen-bond donors (Lipinski definition) is 2. The monoisotopic (exact) mass is 515 g/mol. The number of nitrogens with zero attached hydrogens (tertiary/aromatic N) is 3. The smallest absolute Gasteiger partial charge is 0.237 e. The van der Waals surface area contributed by atoms with E-state index in [1.165, 1.54) is 18.7 Å². The van der Waals surface area contributed by atoms with Gasteiger partial charge in [0.05, 0.1) is 10.3 Å². The molecule has 0 saturated heterocycles. The van der Waals surface area contributed by atoms with Gasteiger partial charge in [-0.1, -0.05) is 55.4 Å². The molecular formula is C25H30ClN5O3S. The van der Waals surface area contributed by atoms with Crippen molar-refractivity contribution in [2.45, 2.75) is 57.7 Å². The summed E-state index contributed by atoms with van der Waals surface area (Å²) < 4.78 is 8.06. The van der Waals surface area contributed by atoms with E-state index in [0.717, 1.165) is 0 Å². The first-order valence-electron chi connectivity index (χ1n) is 11.3. The lowest BCUT2D eigenvalue weighted by Crippen LogP contribution is -2.23. The van der Waals surface area contributed by atoms with Crippen LogP contribution in [0.25, 0.3) is 0 Å². The van der Waals surface area contributed by atoms with Crippen molar-refractivity contribution in [2.75, 3.05) is 10.6 Å². The fourth-order valence-corrected chi connectivity index (χ4v) is 4.39. The van der Waals surface area contributed by atoms with Gasteiger partial charge >= 0.3 is 0 Å². The second-order valence-electron chi connectivity index (χ2n) is 8.55. The highest BCUT2D eigenvalue weighted by molar-refractivity contribution is 8.00. The van der Waals surface area contributed by atoms with Crippen LogP contribution in [0.2, 0.25) is 5.02 Å². The topological polar surface area (TPSA) is 98.1 Å². The number of rotatable bonds is 10. The molecule has 2 amide bonds. The van der Waals surface area contributed by atoms with Gasteiger partial charge in [-0.25, -0.2) is 0 Å². The number of para-hydroxylation sites is 1. The van der Waals surface area contributed by atoms with E-state index in [1.807, 2.05) is 36.6 Å². The Kier molecular flexibility index (Phi) is 9.17. The van der Waals surface area contributed by atoms with Gasteiger partial charge in [-0.2, -0.15) is 0 Å². The highest BCUT2D eigenvalue weighted by Gasteiger charge is 2.24. The van der Waals surface area contributed by atoms with E-state index in [2.05, 4.69) is 34.7 Å². The molecule has 0 aliphatic carbocycles. The SMILES string of the molecule is CC(=O)Nc1cccc(NC(=O)C(C)Sc2nnc(C(C)Oc3ccccc3Cl)n2CC(C)C)c1. The van der Waals surface area contributed by atoms with E-state index in [-0.39, 0.29) is 11.8 Å². The summed E-state index contributed by atoms with van der Waals surface area (Å²) in [7, 11) is 0. The minimum absolute atomic E-state index is 0.176. The summed E-state index contributed by atoms with van der Waals surface area (Å²) in [4.78, 5) is 24.2. The Morgan fingerprint density at radius 1 is 1.03 bits per heavy atom. The molecule has 0 radical (unpaired) electrons. The number of amides is 2. The first-order chi connectivity index (χ1) is 16.6. The number of ether oxygens (including phenoxy) is 1. The quantitative estimate of drug-likeness (QED) is 0.331. The van der Waals surface area contributed by atoms with E-state index in [9.17, 15) is 9.59 Å². The second-order valence-corrected chi connectivity index (χ2v) is 10.3. The molecule has 3 aromatic rings. The van der Waals surface area contributed by atoms with Crippen LogP contribution < -0.4 is 15.4 Å². The van der Waals surface area contributed by atoms with Crippen LogP contribution in [0.1, 0.15) is 46.5 Å². The third-order valence-electron chi connectivity index (χ3n) is 4.90. The van der Waals surface area contributed by atoms with Gasteiger partial charge in [0, 0.05) is 24.8 Å². The molecule has 35 heavy (non-hydrogen) atoms. The summed E-state index contributed by atoms with van der Waals surface area (Å²) in [5.74, 6) is 1.21. The molecule has 1 aromatic heterocycles. The van der Waals surface area contributed by atoms with E-state index >= 15 is 0 Å².